The monoisotopic (exact) mass is 435 g/mol. The third kappa shape index (κ3) is 4.20. The summed E-state index contributed by atoms with van der Waals surface area (Å²) in [6, 6.07) is 20.2. The van der Waals surface area contributed by atoms with E-state index >= 15 is 0 Å². The van der Waals surface area contributed by atoms with Crippen molar-refractivity contribution < 1.29 is 14.3 Å². The molecule has 0 saturated carbocycles. The lowest BCUT2D eigenvalue weighted by Gasteiger charge is -2.14. The largest absolute Gasteiger partial charge is 0.490 e. The maximum absolute atomic E-state index is 12.3. The van der Waals surface area contributed by atoms with Crippen molar-refractivity contribution in [3.63, 3.8) is 0 Å². The summed E-state index contributed by atoms with van der Waals surface area (Å²) in [7, 11) is 1.69. The molecule has 0 N–H and O–H groups in total. The number of fused-ring (bicyclic) bond motifs is 1. The smallest absolute Gasteiger partial charge is 0.265 e. The van der Waals surface area contributed by atoms with E-state index in [0.29, 0.717) is 33.9 Å². The Bertz CT molecular complexity index is 1150. The van der Waals surface area contributed by atoms with Crippen LogP contribution in [0, 0.1) is 0 Å². The second-order valence-corrected chi connectivity index (χ2v) is 8.48. The molecule has 0 unspecified atom stereocenters. The van der Waals surface area contributed by atoms with Crippen LogP contribution in [0.5, 0.6) is 11.5 Å². The maximum Gasteiger partial charge on any atom is 0.265 e. The summed E-state index contributed by atoms with van der Waals surface area (Å²) in [5, 5.41) is 2.36. The number of rotatable bonds is 6. The molecule has 1 amide bonds. The van der Waals surface area contributed by atoms with Crippen LogP contribution in [0.15, 0.2) is 65.6 Å². The van der Waals surface area contributed by atoms with Gasteiger partial charge in [0.25, 0.3) is 5.91 Å². The third-order valence-corrected chi connectivity index (χ3v) is 6.30. The van der Waals surface area contributed by atoms with E-state index in [2.05, 4.69) is 24.3 Å². The van der Waals surface area contributed by atoms with Gasteiger partial charge in [-0.1, -0.05) is 72.5 Å². The Morgan fingerprint density at radius 2 is 1.83 bits per heavy atom. The summed E-state index contributed by atoms with van der Waals surface area (Å²) >= 11 is 6.50. The van der Waals surface area contributed by atoms with E-state index in [9.17, 15) is 4.79 Å². The number of hydrogen-bond donors (Lipinski definition) is 0. The number of ether oxygens (including phenoxy) is 2. The van der Waals surface area contributed by atoms with Crippen molar-refractivity contribution >= 4 is 51.1 Å². The van der Waals surface area contributed by atoms with Crippen LogP contribution in [0.2, 0.25) is 0 Å². The lowest BCUT2D eigenvalue weighted by Crippen LogP contribution is -2.22. The quantitative estimate of drug-likeness (QED) is 0.370. The van der Waals surface area contributed by atoms with Crippen LogP contribution in [0.3, 0.4) is 0 Å². The van der Waals surface area contributed by atoms with Crippen LogP contribution in [0.25, 0.3) is 16.8 Å². The number of carbonyl (C=O) groups is 1. The predicted molar refractivity (Wildman–Crippen MR) is 127 cm³/mol. The molecular formula is C24H21NO3S2. The molecule has 1 aliphatic heterocycles. The van der Waals surface area contributed by atoms with Gasteiger partial charge < -0.3 is 9.47 Å². The highest BCUT2D eigenvalue weighted by Gasteiger charge is 2.28. The van der Waals surface area contributed by atoms with Crippen molar-refractivity contribution in [2.24, 2.45) is 0 Å². The van der Waals surface area contributed by atoms with Crippen LogP contribution < -0.4 is 9.47 Å². The Balaban J connectivity index is 1.58. The highest BCUT2D eigenvalue weighted by Crippen LogP contribution is 2.34. The van der Waals surface area contributed by atoms with Gasteiger partial charge in [0, 0.05) is 7.05 Å². The zero-order valence-electron chi connectivity index (χ0n) is 16.8. The van der Waals surface area contributed by atoms with Crippen LogP contribution >= 0.6 is 24.0 Å². The van der Waals surface area contributed by atoms with Gasteiger partial charge in [0.1, 0.15) is 10.9 Å². The SMILES string of the molecule is CCOc1cc(C=C2SC(=S)N(C)C2=O)ccc1OCc1cccc2ccccc12. The van der Waals surface area contributed by atoms with E-state index in [1.54, 1.807) is 7.05 Å². The minimum absolute atomic E-state index is 0.0840. The van der Waals surface area contributed by atoms with E-state index in [4.69, 9.17) is 21.7 Å². The number of amides is 1. The van der Waals surface area contributed by atoms with Gasteiger partial charge in [-0.25, -0.2) is 0 Å². The zero-order chi connectivity index (χ0) is 21.1. The van der Waals surface area contributed by atoms with E-state index in [1.165, 1.54) is 27.4 Å². The lowest BCUT2D eigenvalue weighted by atomic mass is 10.1. The van der Waals surface area contributed by atoms with Crippen LogP contribution in [-0.4, -0.2) is 28.8 Å². The number of thiocarbonyl (C=S) groups is 1. The summed E-state index contributed by atoms with van der Waals surface area (Å²) < 4.78 is 12.5. The van der Waals surface area contributed by atoms with E-state index < -0.39 is 0 Å². The number of thioether (sulfide) groups is 1. The fourth-order valence-electron chi connectivity index (χ4n) is 3.27. The Morgan fingerprint density at radius 1 is 1.03 bits per heavy atom. The number of carbonyl (C=O) groups excluding carboxylic acids is 1. The molecule has 3 aromatic rings. The molecule has 152 valence electrons. The van der Waals surface area contributed by atoms with Crippen molar-refractivity contribution in [1.82, 2.24) is 4.90 Å². The summed E-state index contributed by atoms with van der Waals surface area (Å²) in [6.45, 7) is 2.89. The summed E-state index contributed by atoms with van der Waals surface area (Å²) in [4.78, 5) is 14.3. The highest BCUT2D eigenvalue weighted by atomic mass is 32.2. The molecule has 0 atom stereocenters. The predicted octanol–water partition coefficient (Wildman–Crippen LogP) is 5.65. The number of benzene rings is 3. The lowest BCUT2D eigenvalue weighted by molar-refractivity contribution is -0.121. The summed E-state index contributed by atoms with van der Waals surface area (Å²) in [6.07, 6.45) is 1.83. The Labute approximate surface area is 185 Å². The van der Waals surface area contributed by atoms with E-state index in [-0.39, 0.29) is 5.91 Å². The second kappa shape index (κ2) is 8.90. The number of hydrogen-bond acceptors (Lipinski definition) is 5. The average Bonchev–Trinajstić information content (AvgIpc) is 3.00. The fourth-order valence-corrected chi connectivity index (χ4v) is 4.45. The molecule has 0 radical (unpaired) electrons. The molecule has 0 bridgehead atoms. The molecule has 1 saturated heterocycles. The number of likely N-dealkylation sites (N-methyl/N-ethyl adjacent to an activating group) is 1. The normalized spacial score (nSPS) is 15.3. The summed E-state index contributed by atoms with van der Waals surface area (Å²) in [5.41, 5.74) is 1.98. The van der Waals surface area contributed by atoms with Gasteiger partial charge in [-0.2, -0.15) is 0 Å². The minimum Gasteiger partial charge on any atom is -0.490 e. The third-order valence-electron chi connectivity index (χ3n) is 4.82. The van der Waals surface area contributed by atoms with Crippen molar-refractivity contribution in [3.05, 3.63) is 76.7 Å². The van der Waals surface area contributed by atoms with Gasteiger partial charge in [-0.05, 0) is 47.0 Å². The van der Waals surface area contributed by atoms with Crippen LogP contribution in [0.4, 0.5) is 0 Å². The molecular weight excluding hydrogens is 414 g/mol. The van der Waals surface area contributed by atoms with Crippen molar-refractivity contribution in [1.29, 1.82) is 0 Å². The molecule has 30 heavy (non-hydrogen) atoms. The molecule has 1 fully saturated rings. The molecule has 3 aromatic carbocycles. The van der Waals surface area contributed by atoms with Crippen molar-refractivity contribution in [2.75, 3.05) is 13.7 Å². The Morgan fingerprint density at radius 3 is 2.60 bits per heavy atom. The van der Waals surface area contributed by atoms with Crippen molar-refractivity contribution in [3.8, 4) is 11.5 Å². The van der Waals surface area contributed by atoms with Gasteiger partial charge in [-0.15, -0.1) is 0 Å². The first-order valence-corrected chi connectivity index (χ1v) is 10.9. The van der Waals surface area contributed by atoms with Crippen molar-refractivity contribution in [2.45, 2.75) is 13.5 Å². The molecule has 0 spiro atoms. The Kier molecular flexibility index (Phi) is 6.06. The molecule has 1 heterocycles. The van der Waals surface area contributed by atoms with Gasteiger partial charge in [0.2, 0.25) is 0 Å². The fraction of sp³-hybridized carbons (Fsp3) is 0.167. The van der Waals surface area contributed by atoms with E-state index in [1.807, 2.05) is 49.4 Å². The first-order valence-electron chi connectivity index (χ1n) is 9.64. The van der Waals surface area contributed by atoms with E-state index in [0.717, 1.165) is 11.1 Å². The summed E-state index contributed by atoms with van der Waals surface area (Å²) in [5.74, 6) is 1.24. The molecule has 0 aliphatic carbocycles. The molecule has 4 nitrogen and oxygen atoms in total. The molecule has 1 aliphatic rings. The zero-order valence-corrected chi connectivity index (χ0v) is 18.4. The molecule has 6 heteroatoms. The first-order chi connectivity index (χ1) is 14.6. The average molecular weight is 436 g/mol. The minimum atomic E-state index is -0.0840. The number of nitrogens with zero attached hydrogens (tertiary/aromatic N) is 1. The maximum atomic E-state index is 12.3. The topological polar surface area (TPSA) is 38.8 Å². The van der Waals surface area contributed by atoms with Gasteiger partial charge >= 0.3 is 0 Å². The second-order valence-electron chi connectivity index (χ2n) is 6.81. The van der Waals surface area contributed by atoms with Gasteiger partial charge in [-0.3, -0.25) is 9.69 Å². The molecule has 4 rings (SSSR count). The van der Waals surface area contributed by atoms with Gasteiger partial charge in [0.15, 0.2) is 11.5 Å². The molecule has 0 aromatic heterocycles. The Hall–Kier alpha value is -2.83. The first kappa shape index (κ1) is 20.4. The van der Waals surface area contributed by atoms with Gasteiger partial charge in [0.05, 0.1) is 11.5 Å². The standard InChI is InChI=1S/C24H21NO3S2/c1-3-27-21-13-16(14-22-23(26)25(2)24(29)30-22)11-12-20(21)28-15-18-9-6-8-17-7-4-5-10-19(17)18/h4-14H,3,15H2,1-2H3. The van der Waals surface area contributed by atoms with Crippen LogP contribution in [0.1, 0.15) is 18.1 Å². The highest BCUT2D eigenvalue weighted by molar-refractivity contribution is 8.26. The van der Waals surface area contributed by atoms with Crippen LogP contribution in [-0.2, 0) is 11.4 Å².